The maximum Gasteiger partial charge on any atom is 0.310 e. The molecule has 0 amide bonds. The molecule has 0 aliphatic carbocycles. The summed E-state index contributed by atoms with van der Waals surface area (Å²) >= 11 is 0. The first kappa shape index (κ1) is 7.88. The van der Waals surface area contributed by atoms with E-state index in [0.717, 1.165) is 6.26 Å². The average molecular weight is 127 g/mol. The number of hydrogen-bond donors (Lipinski definition) is 1. The van der Waals surface area contributed by atoms with Gasteiger partial charge >= 0.3 is 5.97 Å². The molecule has 0 spiro atoms. The number of rotatable bonds is 4. The van der Waals surface area contributed by atoms with Crippen molar-refractivity contribution in [3.8, 4) is 0 Å². The van der Waals surface area contributed by atoms with E-state index < -0.39 is 0 Å². The zero-order chi connectivity index (χ0) is 7.11. The molecule has 0 aromatic heterocycles. The van der Waals surface area contributed by atoms with Gasteiger partial charge in [-0.1, -0.05) is 6.58 Å². The predicted molar refractivity (Wildman–Crippen MR) is 34.3 cm³/mol. The molecule has 0 bridgehead atoms. The minimum Gasteiger partial charge on any atom is -0.435 e. The monoisotopic (exact) mass is 127 g/mol. The van der Waals surface area contributed by atoms with Crippen molar-refractivity contribution in [3.63, 3.8) is 0 Å². The van der Waals surface area contributed by atoms with Gasteiger partial charge in [-0.25, -0.2) is 0 Å². The fourth-order valence-corrected chi connectivity index (χ4v) is 0.342. The normalized spacial score (nSPS) is 8.00. The number of carbonyl (C=O) groups excluding carboxylic acids is 1. The maximum atomic E-state index is 10.4. The summed E-state index contributed by atoms with van der Waals surface area (Å²) in [7, 11) is 0. The molecule has 0 radical (unpaired) electrons. The van der Waals surface area contributed by atoms with Crippen LogP contribution in [0.15, 0.2) is 12.8 Å². The SMILES string of the molecule is C=COC(=O)CCC=N. The van der Waals surface area contributed by atoms with Crippen LogP contribution in [0.25, 0.3) is 0 Å². The Morgan fingerprint density at radius 2 is 2.44 bits per heavy atom. The Balaban J connectivity index is 3.26. The van der Waals surface area contributed by atoms with Gasteiger partial charge in [-0.3, -0.25) is 4.79 Å². The molecule has 0 unspecified atom stereocenters. The summed E-state index contributed by atoms with van der Waals surface area (Å²) in [4.78, 5) is 10.4. The lowest BCUT2D eigenvalue weighted by Crippen LogP contribution is -1.98. The number of hydrogen-bond acceptors (Lipinski definition) is 3. The van der Waals surface area contributed by atoms with Crippen molar-refractivity contribution in [2.45, 2.75) is 12.8 Å². The van der Waals surface area contributed by atoms with E-state index in [2.05, 4.69) is 11.3 Å². The van der Waals surface area contributed by atoms with Gasteiger partial charge in [0.1, 0.15) is 0 Å². The lowest BCUT2D eigenvalue weighted by atomic mass is 10.3. The van der Waals surface area contributed by atoms with Gasteiger partial charge < -0.3 is 10.1 Å². The first-order chi connectivity index (χ1) is 4.31. The third kappa shape index (κ3) is 4.74. The van der Waals surface area contributed by atoms with Gasteiger partial charge in [-0.05, 0) is 12.6 Å². The highest BCUT2D eigenvalue weighted by molar-refractivity contribution is 5.73. The van der Waals surface area contributed by atoms with Crippen molar-refractivity contribution in [2.24, 2.45) is 0 Å². The second-order valence-electron chi connectivity index (χ2n) is 1.40. The molecule has 0 rings (SSSR count). The maximum absolute atomic E-state index is 10.4. The first-order valence-electron chi connectivity index (χ1n) is 2.60. The molecule has 0 saturated carbocycles. The first-order valence-corrected chi connectivity index (χ1v) is 2.60. The van der Waals surface area contributed by atoms with Crippen LogP contribution < -0.4 is 0 Å². The minimum absolute atomic E-state index is 0.259. The van der Waals surface area contributed by atoms with Crippen molar-refractivity contribution in [1.29, 1.82) is 5.41 Å². The number of nitrogens with one attached hydrogen (secondary N) is 1. The molecule has 0 aromatic carbocycles. The molecular formula is C6H9NO2. The van der Waals surface area contributed by atoms with Crippen LogP contribution in [0.1, 0.15) is 12.8 Å². The summed E-state index contributed by atoms with van der Waals surface area (Å²) in [5.74, 6) is -0.339. The van der Waals surface area contributed by atoms with Gasteiger partial charge in [-0.15, -0.1) is 0 Å². The highest BCUT2D eigenvalue weighted by atomic mass is 16.5. The quantitative estimate of drug-likeness (QED) is 0.349. The summed E-state index contributed by atoms with van der Waals surface area (Å²) in [5, 5.41) is 6.57. The van der Waals surface area contributed by atoms with Crippen LogP contribution in [0.2, 0.25) is 0 Å². The van der Waals surface area contributed by atoms with Crippen molar-refractivity contribution < 1.29 is 9.53 Å². The molecule has 0 heterocycles. The Hall–Kier alpha value is -1.12. The number of ether oxygens (including phenoxy) is 1. The summed E-state index contributed by atoms with van der Waals surface area (Å²) in [6.07, 6.45) is 2.96. The van der Waals surface area contributed by atoms with E-state index >= 15 is 0 Å². The molecule has 3 nitrogen and oxygen atoms in total. The van der Waals surface area contributed by atoms with E-state index in [1.54, 1.807) is 0 Å². The minimum atomic E-state index is -0.339. The van der Waals surface area contributed by atoms with E-state index in [4.69, 9.17) is 5.41 Å². The van der Waals surface area contributed by atoms with Crippen molar-refractivity contribution in [3.05, 3.63) is 12.8 Å². The van der Waals surface area contributed by atoms with Crippen LogP contribution in [0.4, 0.5) is 0 Å². The van der Waals surface area contributed by atoms with Crippen LogP contribution >= 0.6 is 0 Å². The van der Waals surface area contributed by atoms with Gasteiger partial charge in [0.05, 0.1) is 12.7 Å². The summed E-state index contributed by atoms with van der Waals surface area (Å²) in [5.41, 5.74) is 0. The zero-order valence-corrected chi connectivity index (χ0v) is 5.09. The zero-order valence-electron chi connectivity index (χ0n) is 5.09. The van der Waals surface area contributed by atoms with Crippen LogP contribution in [0.3, 0.4) is 0 Å². The number of esters is 1. The standard InChI is InChI=1S/C6H9NO2/c1-2-9-6(8)4-3-5-7/h2,5,7H,1,3-4H2. The fraction of sp³-hybridized carbons (Fsp3) is 0.333. The van der Waals surface area contributed by atoms with Gasteiger partial charge in [0.2, 0.25) is 0 Å². The summed E-state index contributed by atoms with van der Waals surface area (Å²) in [6, 6.07) is 0. The second kappa shape index (κ2) is 5.03. The average Bonchev–Trinajstić information content (AvgIpc) is 1.85. The lowest BCUT2D eigenvalue weighted by molar-refractivity contribution is -0.137. The Morgan fingerprint density at radius 1 is 1.78 bits per heavy atom. The molecule has 0 fully saturated rings. The van der Waals surface area contributed by atoms with Gasteiger partial charge in [0.25, 0.3) is 0 Å². The molecule has 1 N–H and O–H groups in total. The molecule has 0 aliphatic heterocycles. The third-order valence-electron chi connectivity index (χ3n) is 0.708. The van der Waals surface area contributed by atoms with Gasteiger partial charge in [0.15, 0.2) is 0 Å². The molecule has 0 atom stereocenters. The van der Waals surface area contributed by atoms with Gasteiger partial charge in [-0.2, -0.15) is 0 Å². The molecule has 0 aliphatic rings. The van der Waals surface area contributed by atoms with E-state index in [-0.39, 0.29) is 12.4 Å². The van der Waals surface area contributed by atoms with Gasteiger partial charge in [0, 0.05) is 0 Å². The highest BCUT2D eigenvalue weighted by Gasteiger charge is 1.96. The van der Waals surface area contributed by atoms with E-state index in [1.165, 1.54) is 6.21 Å². The molecule has 0 aromatic rings. The third-order valence-corrected chi connectivity index (χ3v) is 0.708. The molecule has 0 saturated heterocycles. The topological polar surface area (TPSA) is 50.2 Å². The largest absolute Gasteiger partial charge is 0.435 e. The fourth-order valence-electron chi connectivity index (χ4n) is 0.342. The molecule has 9 heavy (non-hydrogen) atoms. The summed E-state index contributed by atoms with van der Waals surface area (Å²) in [6.45, 7) is 3.21. The van der Waals surface area contributed by atoms with Crippen LogP contribution in [0.5, 0.6) is 0 Å². The Bertz CT molecular complexity index is 120. The van der Waals surface area contributed by atoms with Crippen molar-refractivity contribution in [2.75, 3.05) is 0 Å². The Labute approximate surface area is 53.8 Å². The summed E-state index contributed by atoms with van der Waals surface area (Å²) < 4.78 is 4.37. The lowest BCUT2D eigenvalue weighted by Gasteiger charge is -1.92. The molecule has 50 valence electrons. The van der Waals surface area contributed by atoms with Crippen LogP contribution in [-0.4, -0.2) is 12.2 Å². The highest BCUT2D eigenvalue weighted by Crippen LogP contribution is 1.88. The second-order valence-corrected chi connectivity index (χ2v) is 1.40. The van der Waals surface area contributed by atoms with E-state index in [9.17, 15) is 4.79 Å². The molecule has 3 heteroatoms. The molecular weight excluding hydrogens is 118 g/mol. The van der Waals surface area contributed by atoms with Crippen LogP contribution in [-0.2, 0) is 9.53 Å². The van der Waals surface area contributed by atoms with E-state index in [0.29, 0.717) is 6.42 Å². The number of carbonyl (C=O) groups is 1. The Morgan fingerprint density at radius 3 is 2.89 bits per heavy atom. The Kier molecular flexibility index (Phi) is 4.40. The van der Waals surface area contributed by atoms with Crippen LogP contribution in [0, 0.1) is 5.41 Å². The predicted octanol–water partition coefficient (Wildman–Crippen LogP) is 1.10. The van der Waals surface area contributed by atoms with Crippen molar-refractivity contribution >= 4 is 12.2 Å². The van der Waals surface area contributed by atoms with E-state index in [1.807, 2.05) is 0 Å². The smallest absolute Gasteiger partial charge is 0.310 e. The van der Waals surface area contributed by atoms with Crippen molar-refractivity contribution in [1.82, 2.24) is 0 Å².